The van der Waals surface area contributed by atoms with E-state index < -0.39 is 21.4 Å². The molecule has 1 aliphatic carbocycles. The molecule has 1 fully saturated rings. The van der Waals surface area contributed by atoms with E-state index in [1.807, 2.05) is 19.1 Å². The van der Waals surface area contributed by atoms with Crippen molar-refractivity contribution in [1.29, 1.82) is 0 Å². The van der Waals surface area contributed by atoms with Crippen LogP contribution in [0, 0.1) is 6.92 Å². The lowest BCUT2D eigenvalue weighted by Gasteiger charge is -2.22. The van der Waals surface area contributed by atoms with Crippen LogP contribution in [0.4, 0.5) is 0 Å². The van der Waals surface area contributed by atoms with Crippen LogP contribution in [-0.4, -0.2) is 49.6 Å². The lowest BCUT2D eigenvalue weighted by molar-refractivity contribution is -0.116. The van der Waals surface area contributed by atoms with E-state index in [1.165, 1.54) is 10.7 Å². The highest BCUT2D eigenvalue weighted by molar-refractivity contribution is 7.92. The Labute approximate surface area is 174 Å². The van der Waals surface area contributed by atoms with E-state index in [4.69, 9.17) is 21.1 Å². The highest BCUT2D eigenvalue weighted by atomic mass is 35.5. The molecule has 1 aromatic carbocycles. The molecule has 0 radical (unpaired) electrons. The van der Waals surface area contributed by atoms with Crippen molar-refractivity contribution < 1.29 is 22.7 Å². The van der Waals surface area contributed by atoms with Crippen LogP contribution < -0.4 is 4.74 Å². The highest BCUT2D eigenvalue weighted by Crippen LogP contribution is 2.44. The quantitative estimate of drug-likeness (QED) is 0.660. The number of sulfone groups is 1. The SMILES string of the molecule is COC1COc2cc(S(=O)(=O)CC(=O)Cc3c(Cl)cc(C)cc3C3CC3)nn2C1. The maximum Gasteiger partial charge on any atom is 0.213 e. The summed E-state index contributed by atoms with van der Waals surface area (Å²) < 4.78 is 37.7. The monoisotopic (exact) mass is 438 g/mol. The lowest BCUT2D eigenvalue weighted by Crippen LogP contribution is -2.31. The van der Waals surface area contributed by atoms with E-state index >= 15 is 0 Å². The van der Waals surface area contributed by atoms with Gasteiger partial charge < -0.3 is 9.47 Å². The number of ether oxygens (including phenoxy) is 2. The molecule has 2 aromatic rings. The molecule has 0 bridgehead atoms. The molecule has 4 rings (SSSR count). The summed E-state index contributed by atoms with van der Waals surface area (Å²) in [5.41, 5.74) is 2.85. The summed E-state index contributed by atoms with van der Waals surface area (Å²) in [4.78, 5) is 12.7. The number of aromatic nitrogens is 2. The molecular formula is C20H23ClN2O5S. The number of Topliss-reactive ketones (excluding diaryl/α,β-unsaturated/α-hetero) is 1. The summed E-state index contributed by atoms with van der Waals surface area (Å²) in [5, 5.41) is 4.48. The van der Waals surface area contributed by atoms with Gasteiger partial charge in [0.1, 0.15) is 18.5 Å². The van der Waals surface area contributed by atoms with Gasteiger partial charge in [0, 0.05) is 24.6 Å². The predicted octanol–water partition coefficient (Wildman–Crippen LogP) is 2.72. The molecule has 0 N–H and O–H groups in total. The molecule has 0 spiro atoms. The van der Waals surface area contributed by atoms with Gasteiger partial charge in [-0.3, -0.25) is 4.79 Å². The first-order chi connectivity index (χ1) is 13.8. The Balaban J connectivity index is 1.51. The van der Waals surface area contributed by atoms with E-state index in [-0.39, 0.29) is 17.6 Å². The van der Waals surface area contributed by atoms with Crippen molar-refractivity contribution in [3.05, 3.63) is 39.9 Å². The second-order valence-corrected chi connectivity index (χ2v) is 10.1. The molecule has 156 valence electrons. The number of aryl methyl sites for hydroxylation is 1. The Morgan fingerprint density at radius 3 is 2.79 bits per heavy atom. The van der Waals surface area contributed by atoms with E-state index in [9.17, 15) is 13.2 Å². The average Bonchev–Trinajstić information content (AvgIpc) is 3.40. The van der Waals surface area contributed by atoms with Crippen LogP contribution in [0.2, 0.25) is 5.02 Å². The molecule has 1 saturated carbocycles. The van der Waals surface area contributed by atoms with Gasteiger partial charge in [-0.15, -0.1) is 0 Å². The van der Waals surface area contributed by atoms with Gasteiger partial charge in [0.2, 0.25) is 15.7 Å². The normalized spacial score (nSPS) is 18.9. The number of methoxy groups -OCH3 is 1. The third-order valence-corrected chi connectivity index (χ3v) is 7.16. The fraction of sp³-hybridized carbons (Fsp3) is 0.500. The molecule has 2 aliphatic rings. The molecule has 29 heavy (non-hydrogen) atoms. The smallest absolute Gasteiger partial charge is 0.213 e. The molecule has 1 aliphatic heterocycles. The minimum Gasteiger partial charge on any atom is -0.475 e. The third kappa shape index (κ3) is 4.34. The predicted molar refractivity (Wildman–Crippen MR) is 107 cm³/mol. The average molecular weight is 439 g/mol. The maximum absolute atomic E-state index is 12.8. The minimum atomic E-state index is -3.88. The van der Waals surface area contributed by atoms with Crippen LogP contribution in [0.3, 0.4) is 0 Å². The molecule has 0 amide bonds. The zero-order valence-corrected chi connectivity index (χ0v) is 17.9. The Kier molecular flexibility index (Phi) is 5.44. The molecule has 1 unspecified atom stereocenters. The summed E-state index contributed by atoms with van der Waals surface area (Å²) in [6, 6.07) is 5.23. The summed E-state index contributed by atoms with van der Waals surface area (Å²) in [5.74, 6) is -0.246. The fourth-order valence-corrected chi connectivity index (χ4v) is 5.15. The number of carbonyl (C=O) groups excluding carboxylic acids is 1. The second kappa shape index (κ2) is 7.74. The van der Waals surface area contributed by atoms with Crippen LogP contribution in [0.15, 0.2) is 23.2 Å². The summed E-state index contributed by atoms with van der Waals surface area (Å²) >= 11 is 6.39. The van der Waals surface area contributed by atoms with Crippen LogP contribution in [0.5, 0.6) is 5.88 Å². The van der Waals surface area contributed by atoms with Gasteiger partial charge in [-0.25, -0.2) is 13.1 Å². The van der Waals surface area contributed by atoms with Gasteiger partial charge in [-0.2, -0.15) is 5.10 Å². The molecule has 2 heterocycles. The van der Waals surface area contributed by atoms with Gasteiger partial charge >= 0.3 is 0 Å². The summed E-state index contributed by atoms with van der Waals surface area (Å²) in [7, 11) is -2.32. The Hall–Kier alpha value is -1.90. The zero-order chi connectivity index (χ0) is 20.8. The van der Waals surface area contributed by atoms with Gasteiger partial charge in [-0.05, 0) is 48.4 Å². The number of hydrogen-bond donors (Lipinski definition) is 0. The molecule has 9 heteroatoms. The second-order valence-electron chi connectivity index (χ2n) is 7.73. The topological polar surface area (TPSA) is 87.5 Å². The van der Waals surface area contributed by atoms with Crippen molar-refractivity contribution >= 4 is 27.2 Å². The number of benzene rings is 1. The van der Waals surface area contributed by atoms with E-state index in [0.717, 1.165) is 29.5 Å². The summed E-state index contributed by atoms with van der Waals surface area (Å²) in [6.45, 7) is 2.69. The third-order valence-electron chi connectivity index (χ3n) is 5.28. The number of carbonyl (C=O) groups is 1. The highest BCUT2D eigenvalue weighted by Gasteiger charge is 2.31. The van der Waals surface area contributed by atoms with Crippen LogP contribution in [0.1, 0.15) is 35.4 Å². The van der Waals surface area contributed by atoms with Crippen molar-refractivity contribution in [2.75, 3.05) is 19.5 Å². The van der Waals surface area contributed by atoms with Gasteiger partial charge in [0.25, 0.3) is 0 Å². The number of nitrogens with zero attached hydrogens (tertiary/aromatic N) is 2. The van der Waals surface area contributed by atoms with E-state index in [2.05, 4.69) is 5.10 Å². The molecular weight excluding hydrogens is 416 g/mol. The number of rotatable bonds is 7. The van der Waals surface area contributed by atoms with E-state index in [0.29, 0.717) is 30.0 Å². The minimum absolute atomic E-state index is 0.00000876. The van der Waals surface area contributed by atoms with Gasteiger partial charge in [-0.1, -0.05) is 17.7 Å². The molecule has 7 nitrogen and oxygen atoms in total. The Bertz CT molecular complexity index is 1060. The largest absolute Gasteiger partial charge is 0.475 e. The number of fused-ring (bicyclic) bond motifs is 1. The van der Waals surface area contributed by atoms with Crippen molar-refractivity contribution in [2.45, 2.75) is 49.8 Å². The first kappa shape index (κ1) is 20.4. The first-order valence-electron chi connectivity index (χ1n) is 9.53. The lowest BCUT2D eigenvalue weighted by atomic mass is 9.97. The number of hydrogen-bond acceptors (Lipinski definition) is 6. The standard InChI is InChI=1S/C20H23ClN2O5S/c1-12-5-16(13-3-4-13)17(18(21)6-12)7-14(24)11-29(25,26)19-8-20-23(22-19)9-15(27-2)10-28-20/h5-6,8,13,15H,3-4,7,9-11H2,1-2H3. The van der Waals surface area contributed by atoms with Crippen molar-refractivity contribution in [3.63, 3.8) is 0 Å². The Morgan fingerprint density at radius 1 is 1.34 bits per heavy atom. The summed E-state index contributed by atoms with van der Waals surface area (Å²) in [6.07, 6.45) is 1.95. The molecule has 1 atom stereocenters. The maximum atomic E-state index is 12.8. The molecule has 0 saturated heterocycles. The van der Waals surface area contributed by atoms with Crippen LogP contribution in [0.25, 0.3) is 0 Å². The van der Waals surface area contributed by atoms with Crippen LogP contribution >= 0.6 is 11.6 Å². The van der Waals surface area contributed by atoms with E-state index in [1.54, 1.807) is 7.11 Å². The Morgan fingerprint density at radius 2 is 2.10 bits per heavy atom. The number of halogens is 1. The van der Waals surface area contributed by atoms with Crippen molar-refractivity contribution in [3.8, 4) is 5.88 Å². The van der Waals surface area contributed by atoms with Crippen molar-refractivity contribution in [2.24, 2.45) is 0 Å². The molecule has 1 aromatic heterocycles. The van der Waals surface area contributed by atoms with Gasteiger partial charge in [0.15, 0.2) is 10.8 Å². The fourth-order valence-electron chi connectivity index (χ4n) is 3.62. The first-order valence-corrected chi connectivity index (χ1v) is 11.6. The van der Waals surface area contributed by atoms with Gasteiger partial charge in [0.05, 0.1) is 6.54 Å². The number of ketones is 1. The van der Waals surface area contributed by atoms with Crippen LogP contribution in [-0.2, 0) is 32.3 Å². The zero-order valence-electron chi connectivity index (χ0n) is 16.4. The van der Waals surface area contributed by atoms with Crippen molar-refractivity contribution in [1.82, 2.24) is 9.78 Å².